The molecule has 0 bridgehead atoms. The highest BCUT2D eigenvalue weighted by molar-refractivity contribution is 7.92. The lowest BCUT2D eigenvalue weighted by Crippen LogP contribution is -2.30. The standard InChI is InChI=1S/C22H23F3N2O3S/c1-12-10-14(4-9-17(12)20(29)30-31-26)13(2)27-19(28)18-11-21(18,3)15-5-7-16(8-6-15)22(23,24)25/h4-10,13,18H,11,26H2,1-3H3,(H,27,28)/t13-,18-,21-/m1/s1. The first-order valence-electron chi connectivity index (χ1n) is 9.63. The van der Waals surface area contributed by atoms with Gasteiger partial charge in [-0.3, -0.25) is 4.79 Å². The fourth-order valence-corrected chi connectivity index (χ4v) is 3.95. The molecule has 0 aliphatic heterocycles. The van der Waals surface area contributed by atoms with Gasteiger partial charge in [0.2, 0.25) is 5.91 Å². The summed E-state index contributed by atoms with van der Waals surface area (Å²) in [6, 6.07) is 9.83. The predicted molar refractivity (Wildman–Crippen MR) is 112 cm³/mol. The molecule has 3 rings (SSSR count). The monoisotopic (exact) mass is 452 g/mol. The van der Waals surface area contributed by atoms with Gasteiger partial charge >= 0.3 is 12.1 Å². The quantitative estimate of drug-likeness (QED) is 0.484. The Morgan fingerprint density at radius 2 is 1.87 bits per heavy atom. The topological polar surface area (TPSA) is 81.4 Å². The second-order valence-corrected chi connectivity index (χ2v) is 8.38. The number of rotatable bonds is 6. The molecule has 5 nitrogen and oxygen atoms in total. The lowest BCUT2D eigenvalue weighted by atomic mass is 9.94. The van der Waals surface area contributed by atoms with Crippen LogP contribution in [0.5, 0.6) is 0 Å². The number of carbonyl (C=O) groups excluding carboxylic acids is 2. The van der Waals surface area contributed by atoms with Crippen LogP contribution < -0.4 is 10.5 Å². The van der Waals surface area contributed by atoms with Crippen LogP contribution in [0.15, 0.2) is 42.5 Å². The molecule has 1 fully saturated rings. The van der Waals surface area contributed by atoms with Crippen LogP contribution in [0, 0.1) is 12.8 Å². The fraction of sp³-hybridized carbons (Fsp3) is 0.364. The minimum absolute atomic E-state index is 0.157. The fourth-order valence-electron chi connectivity index (χ4n) is 3.78. The van der Waals surface area contributed by atoms with Gasteiger partial charge in [0.25, 0.3) is 0 Å². The maximum absolute atomic E-state index is 12.8. The van der Waals surface area contributed by atoms with E-state index in [1.807, 2.05) is 13.8 Å². The molecule has 31 heavy (non-hydrogen) atoms. The SMILES string of the molecule is Cc1cc([C@@H](C)NC(=O)[C@H]2C[C@]2(C)c2ccc(C(F)(F)F)cc2)ccc1C(=O)OSN. The molecule has 0 radical (unpaired) electrons. The molecule has 0 spiro atoms. The zero-order valence-electron chi connectivity index (χ0n) is 17.2. The highest BCUT2D eigenvalue weighted by Gasteiger charge is 2.55. The predicted octanol–water partition coefficient (Wildman–Crippen LogP) is 4.85. The summed E-state index contributed by atoms with van der Waals surface area (Å²) in [6.45, 7) is 5.47. The molecule has 2 aromatic carbocycles. The Balaban J connectivity index is 1.66. The normalized spacial score (nSPS) is 21.3. The van der Waals surface area contributed by atoms with Crippen molar-refractivity contribution >= 4 is 24.1 Å². The van der Waals surface area contributed by atoms with Gasteiger partial charge in [0.1, 0.15) is 12.2 Å². The molecular formula is C22H23F3N2O3S. The average Bonchev–Trinajstić information content (AvgIpc) is 3.40. The second-order valence-electron chi connectivity index (χ2n) is 8.02. The Bertz CT molecular complexity index is 994. The Morgan fingerprint density at radius 1 is 1.23 bits per heavy atom. The minimum atomic E-state index is -4.39. The van der Waals surface area contributed by atoms with Crippen LogP contribution >= 0.6 is 12.2 Å². The van der Waals surface area contributed by atoms with E-state index < -0.39 is 23.1 Å². The van der Waals surface area contributed by atoms with Crippen LogP contribution in [-0.4, -0.2) is 11.9 Å². The molecule has 9 heteroatoms. The van der Waals surface area contributed by atoms with Crippen molar-refractivity contribution < 1.29 is 26.9 Å². The Kier molecular flexibility index (Phi) is 6.38. The van der Waals surface area contributed by atoms with Crippen molar-refractivity contribution in [2.24, 2.45) is 11.1 Å². The van der Waals surface area contributed by atoms with Gasteiger partial charge in [-0.15, -0.1) is 0 Å². The molecule has 1 amide bonds. The molecule has 3 atom stereocenters. The zero-order chi connectivity index (χ0) is 23.0. The summed E-state index contributed by atoms with van der Waals surface area (Å²) in [5, 5.41) is 8.11. The smallest absolute Gasteiger partial charge is 0.371 e. The Labute approximate surface area is 182 Å². The number of nitrogens with one attached hydrogen (secondary N) is 1. The first kappa shape index (κ1) is 23.1. The highest BCUT2D eigenvalue weighted by Crippen LogP contribution is 2.54. The molecule has 2 aromatic rings. The molecule has 0 unspecified atom stereocenters. The average molecular weight is 452 g/mol. The third-order valence-corrected chi connectivity index (χ3v) is 6.13. The van der Waals surface area contributed by atoms with E-state index in [1.165, 1.54) is 12.1 Å². The molecule has 0 aromatic heterocycles. The van der Waals surface area contributed by atoms with E-state index >= 15 is 0 Å². The van der Waals surface area contributed by atoms with Crippen molar-refractivity contribution in [1.82, 2.24) is 5.32 Å². The highest BCUT2D eigenvalue weighted by atomic mass is 32.2. The van der Waals surface area contributed by atoms with E-state index in [9.17, 15) is 22.8 Å². The van der Waals surface area contributed by atoms with Gasteiger partial charge in [-0.25, -0.2) is 9.93 Å². The van der Waals surface area contributed by atoms with Crippen molar-refractivity contribution in [2.75, 3.05) is 0 Å². The zero-order valence-corrected chi connectivity index (χ0v) is 18.1. The van der Waals surface area contributed by atoms with E-state index in [-0.39, 0.29) is 17.9 Å². The van der Waals surface area contributed by atoms with E-state index in [1.54, 1.807) is 25.1 Å². The minimum Gasteiger partial charge on any atom is -0.371 e. The van der Waals surface area contributed by atoms with Gasteiger partial charge < -0.3 is 9.50 Å². The van der Waals surface area contributed by atoms with Crippen molar-refractivity contribution in [2.45, 2.75) is 44.8 Å². The van der Waals surface area contributed by atoms with Crippen LogP contribution in [-0.2, 0) is 20.6 Å². The summed E-state index contributed by atoms with van der Waals surface area (Å²) in [5.74, 6) is -1.02. The molecule has 3 N–H and O–H groups in total. The number of halogens is 3. The van der Waals surface area contributed by atoms with Gasteiger partial charge in [-0.1, -0.05) is 31.2 Å². The number of amides is 1. The number of benzene rings is 2. The van der Waals surface area contributed by atoms with Crippen molar-refractivity contribution in [3.63, 3.8) is 0 Å². The lowest BCUT2D eigenvalue weighted by molar-refractivity contribution is -0.137. The third-order valence-electron chi connectivity index (χ3n) is 5.88. The van der Waals surface area contributed by atoms with Crippen LogP contribution in [0.2, 0.25) is 0 Å². The molecule has 1 aliphatic rings. The third kappa shape index (κ3) is 4.88. The summed E-state index contributed by atoms with van der Waals surface area (Å²) in [7, 11) is 0. The van der Waals surface area contributed by atoms with Gasteiger partial charge in [0.15, 0.2) is 0 Å². The largest absolute Gasteiger partial charge is 0.416 e. The molecule has 0 heterocycles. The number of nitrogens with two attached hydrogens (primary N) is 1. The van der Waals surface area contributed by atoms with Gasteiger partial charge in [-0.2, -0.15) is 13.2 Å². The Hall–Kier alpha value is -2.52. The summed E-state index contributed by atoms with van der Waals surface area (Å²) in [5.41, 5.74) is 1.42. The maximum atomic E-state index is 12.8. The van der Waals surface area contributed by atoms with Crippen LogP contribution in [0.4, 0.5) is 13.2 Å². The first-order chi connectivity index (χ1) is 14.5. The molecule has 0 saturated heterocycles. The van der Waals surface area contributed by atoms with E-state index in [2.05, 4.69) is 5.32 Å². The van der Waals surface area contributed by atoms with Crippen LogP contribution in [0.25, 0.3) is 0 Å². The summed E-state index contributed by atoms with van der Waals surface area (Å²) in [6.07, 6.45) is -3.82. The van der Waals surface area contributed by atoms with E-state index in [0.29, 0.717) is 35.3 Å². The van der Waals surface area contributed by atoms with Crippen LogP contribution in [0.3, 0.4) is 0 Å². The summed E-state index contributed by atoms with van der Waals surface area (Å²) in [4.78, 5) is 24.6. The van der Waals surface area contributed by atoms with Gasteiger partial charge in [0.05, 0.1) is 17.2 Å². The maximum Gasteiger partial charge on any atom is 0.416 e. The lowest BCUT2D eigenvalue weighted by Gasteiger charge is -2.18. The molecule has 166 valence electrons. The molecule has 1 saturated carbocycles. The number of carbonyl (C=O) groups is 2. The number of hydrogen-bond donors (Lipinski definition) is 2. The second kappa shape index (κ2) is 8.55. The Morgan fingerprint density at radius 3 is 2.42 bits per heavy atom. The summed E-state index contributed by atoms with van der Waals surface area (Å²) >= 11 is 0.480. The van der Waals surface area contributed by atoms with E-state index in [0.717, 1.165) is 17.7 Å². The van der Waals surface area contributed by atoms with Crippen molar-refractivity contribution in [3.05, 3.63) is 70.3 Å². The number of aryl methyl sites for hydroxylation is 1. The van der Waals surface area contributed by atoms with Gasteiger partial charge in [-0.05, 0) is 55.2 Å². The van der Waals surface area contributed by atoms with Crippen molar-refractivity contribution in [1.29, 1.82) is 0 Å². The van der Waals surface area contributed by atoms with E-state index in [4.69, 9.17) is 9.32 Å². The summed E-state index contributed by atoms with van der Waals surface area (Å²) < 4.78 is 43.1. The van der Waals surface area contributed by atoms with Crippen molar-refractivity contribution in [3.8, 4) is 0 Å². The number of alkyl halides is 3. The van der Waals surface area contributed by atoms with Crippen LogP contribution in [0.1, 0.15) is 58.9 Å². The van der Waals surface area contributed by atoms with Gasteiger partial charge in [0, 0.05) is 11.3 Å². The molecule has 1 aliphatic carbocycles. The molecular weight excluding hydrogens is 429 g/mol. The number of hydrogen-bond acceptors (Lipinski definition) is 5. The first-order valence-corrected chi connectivity index (χ1v) is 10.4.